The number of nitrogens with one attached hydrogen (secondary N) is 1. The van der Waals surface area contributed by atoms with Crippen LogP contribution in [0.4, 0.5) is 20.3 Å². The number of aryl methyl sites for hydroxylation is 1. The van der Waals surface area contributed by atoms with Crippen molar-refractivity contribution in [2.75, 3.05) is 35.8 Å². The summed E-state index contributed by atoms with van der Waals surface area (Å²) in [5.41, 5.74) is 0.945. The molecule has 1 saturated carbocycles. The summed E-state index contributed by atoms with van der Waals surface area (Å²) in [5, 5.41) is -0.203. The van der Waals surface area contributed by atoms with Crippen LogP contribution in [0.2, 0.25) is 5.02 Å². The summed E-state index contributed by atoms with van der Waals surface area (Å²) in [4.78, 5) is 7.70. The van der Waals surface area contributed by atoms with Crippen molar-refractivity contribution in [2.45, 2.75) is 56.4 Å². The van der Waals surface area contributed by atoms with E-state index in [-0.39, 0.29) is 21.8 Å². The van der Waals surface area contributed by atoms with Gasteiger partial charge in [0.1, 0.15) is 15.7 Å². The molecule has 1 spiro atoms. The predicted octanol–water partition coefficient (Wildman–Crippen LogP) is 4.97. The fraction of sp³-hybridized carbons (Fsp3) is 0.542. The standard InChI is InChI=1S/C24H29ClF2N4O2S/c1-16-14-17(31-13-10-24(15-31)9-5-6-18(24)30-11-2-3-12-30)21(25)22(27)23(16)34(32,33)29-20-8-4-7-19(26)28-20/h4,7-8,14,18H,2-3,5-6,9-13,15H2,1H3,(H,28,29)/t18-,24+/m0/s1. The van der Waals surface area contributed by atoms with Crippen LogP contribution in [0.5, 0.6) is 0 Å². The summed E-state index contributed by atoms with van der Waals surface area (Å²) in [5.74, 6) is -2.06. The van der Waals surface area contributed by atoms with Gasteiger partial charge in [0.25, 0.3) is 10.0 Å². The number of likely N-dealkylation sites (tertiary alicyclic amines) is 1. The Morgan fingerprint density at radius 3 is 2.65 bits per heavy atom. The summed E-state index contributed by atoms with van der Waals surface area (Å²) in [6, 6.07) is 5.91. The summed E-state index contributed by atoms with van der Waals surface area (Å²) < 4.78 is 56.9. The molecule has 2 aromatic rings. The van der Waals surface area contributed by atoms with Crippen LogP contribution >= 0.6 is 11.6 Å². The molecule has 2 atom stereocenters. The van der Waals surface area contributed by atoms with Gasteiger partial charge in [-0.1, -0.05) is 24.1 Å². The highest BCUT2D eigenvalue weighted by Crippen LogP contribution is 2.50. The van der Waals surface area contributed by atoms with Gasteiger partial charge in [-0.3, -0.25) is 9.62 Å². The molecule has 2 aliphatic heterocycles. The van der Waals surface area contributed by atoms with Crippen molar-refractivity contribution in [3.05, 3.63) is 46.6 Å². The van der Waals surface area contributed by atoms with E-state index in [1.807, 2.05) is 0 Å². The van der Waals surface area contributed by atoms with Crippen molar-refractivity contribution < 1.29 is 17.2 Å². The van der Waals surface area contributed by atoms with Gasteiger partial charge in [0.2, 0.25) is 5.95 Å². The SMILES string of the molecule is Cc1cc(N2CC[C@]3(CCC[C@@H]3N3CCCC3)C2)c(Cl)c(F)c1S(=O)(=O)Nc1cccc(F)n1. The number of rotatable bonds is 5. The third-order valence-electron chi connectivity index (χ3n) is 7.72. The molecule has 0 unspecified atom stereocenters. The number of aromatic nitrogens is 1. The number of anilines is 2. The average molecular weight is 511 g/mol. The second-order valence-corrected chi connectivity index (χ2v) is 11.8. The Bertz CT molecular complexity index is 1210. The Morgan fingerprint density at radius 2 is 1.91 bits per heavy atom. The maximum absolute atomic E-state index is 15.5. The van der Waals surface area contributed by atoms with Gasteiger partial charge < -0.3 is 4.90 Å². The van der Waals surface area contributed by atoms with E-state index in [0.29, 0.717) is 11.7 Å². The molecule has 3 fully saturated rings. The van der Waals surface area contributed by atoms with Crippen LogP contribution in [0.3, 0.4) is 0 Å². The van der Waals surface area contributed by atoms with Gasteiger partial charge in [0.05, 0.1) is 5.69 Å². The van der Waals surface area contributed by atoms with Crippen LogP contribution < -0.4 is 9.62 Å². The van der Waals surface area contributed by atoms with Crippen molar-refractivity contribution in [2.24, 2.45) is 5.41 Å². The van der Waals surface area contributed by atoms with E-state index >= 15 is 4.39 Å². The zero-order valence-electron chi connectivity index (χ0n) is 19.2. The molecule has 0 bridgehead atoms. The fourth-order valence-electron chi connectivity index (χ4n) is 6.25. The number of halogens is 3. The molecule has 1 aromatic carbocycles. The maximum atomic E-state index is 15.5. The molecular formula is C24H29ClF2N4O2S. The van der Waals surface area contributed by atoms with Crippen LogP contribution in [0, 0.1) is 24.1 Å². The molecule has 184 valence electrons. The Morgan fingerprint density at radius 1 is 1.15 bits per heavy atom. The lowest BCUT2D eigenvalue weighted by Gasteiger charge is -2.38. The van der Waals surface area contributed by atoms with Crippen LogP contribution in [0.25, 0.3) is 0 Å². The first-order chi connectivity index (χ1) is 16.2. The highest BCUT2D eigenvalue weighted by Gasteiger charge is 2.50. The first-order valence-corrected chi connectivity index (χ1v) is 13.7. The van der Waals surface area contributed by atoms with Crippen LogP contribution in [-0.4, -0.2) is 50.5 Å². The molecule has 3 heterocycles. The lowest BCUT2D eigenvalue weighted by Crippen LogP contribution is -2.44. The number of hydrogen-bond donors (Lipinski definition) is 1. The number of benzene rings is 1. The second kappa shape index (κ2) is 8.91. The summed E-state index contributed by atoms with van der Waals surface area (Å²) in [7, 11) is -4.36. The Labute approximate surface area is 204 Å². The quantitative estimate of drug-likeness (QED) is 0.575. The molecular weight excluding hydrogens is 482 g/mol. The first-order valence-electron chi connectivity index (χ1n) is 11.8. The molecule has 1 aromatic heterocycles. The van der Waals surface area contributed by atoms with E-state index in [1.54, 1.807) is 13.0 Å². The lowest BCUT2D eigenvalue weighted by atomic mass is 9.81. The normalized spacial score (nSPS) is 25.5. The molecule has 0 amide bonds. The van der Waals surface area contributed by atoms with Gasteiger partial charge in [-0.05, 0) is 75.9 Å². The first kappa shape index (κ1) is 23.8. The maximum Gasteiger partial charge on any atom is 0.266 e. The highest BCUT2D eigenvalue weighted by atomic mass is 35.5. The minimum absolute atomic E-state index is 0.174. The molecule has 5 rings (SSSR count). The molecule has 2 saturated heterocycles. The van der Waals surface area contributed by atoms with Crippen molar-refractivity contribution >= 4 is 33.1 Å². The minimum Gasteiger partial charge on any atom is -0.370 e. The zero-order chi connectivity index (χ0) is 24.1. The van der Waals surface area contributed by atoms with Gasteiger partial charge in [-0.15, -0.1) is 0 Å². The van der Waals surface area contributed by atoms with Crippen LogP contribution in [0.1, 0.15) is 44.1 Å². The molecule has 3 aliphatic rings. The molecule has 6 nitrogen and oxygen atoms in total. The largest absolute Gasteiger partial charge is 0.370 e. The number of hydrogen-bond acceptors (Lipinski definition) is 5. The Balaban J connectivity index is 1.42. The summed E-state index contributed by atoms with van der Waals surface area (Å²) >= 11 is 6.45. The van der Waals surface area contributed by atoms with Crippen LogP contribution in [0.15, 0.2) is 29.2 Å². The third kappa shape index (κ3) is 4.16. The van der Waals surface area contributed by atoms with E-state index in [2.05, 4.69) is 19.5 Å². The van der Waals surface area contributed by atoms with Gasteiger partial charge in [-0.2, -0.15) is 4.39 Å². The van der Waals surface area contributed by atoms with E-state index in [4.69, 9.17) is 11.6 Å². The zero-order valence-corrected chi connectivity index (χ0v) is 20.7. The monoisotopic (exact) mass is 510 g/mol. The van der Waals surface area contributed by atoms with Crippen molar-refractivity contribution in [3.63, 3.8) is 0 Å². The molecule has 1 N–H and O–H groups in total. The second-order valence-electron chi connectivity index (χ2n) is 9.81. The van der Waals surface area contributed by atoms with E-state index in [9.17, 15) is 12.8 Å². The molecule has 0 radical (unpaired) electrons. The van der Waals surface area contributed by atoms with Crippen LogP contribution in [-0.2, 0) is 10.0 Å². The molecule has 10 heteroatoms. The number of pyridine rings is 1. The van der Waals surface area contributed by atoms with Crippen molar-refractivity contribution in [1.82, 2.24) is 9.88 Å². The minimum atomic E-state index is -4.36. The van der Waals surface area contributed by atoms with E-state index in [1.165, 1.54) is 37.8 Å². The number of sulfonamides is 1. The van der Waals surface area contributed by atoms with Gasteiger partial charge in [0, 0.05) is 24.5 Å². The number of nitrogens with zero attached hydrogens (tertiary/aromatic N) is 3. The summed E-state index contributed by atoms with van der Waals surface area (Å²) in [6.07, 6.45) is 7.08. The fourth-order valence-corrected chi connectivity index (χ4v) is 7.89. The molecule has 1 aliphatic carbocycles. The van der Waals surface area contributed by atoms with Crippen molar-refractivity contribution in [3.8, 4) is 0 Å². The van der Waals surface area contributed by atoms with Crippen molar-refractivity contribution in [1.29, 1.82) is 0 Å². The highest BCUT2D eigenvalue weighted by molar-refractivity contribution is 7.92. The smallest absolute Gasteiger partial charge is 0.266 e. The molecule has 34 heavy (non-hydrogen) atoms. The van der Waals surface area contributed by atoms with E-state index in [0.717, 1.165) is 45.1 Å². The van der Waals surface area contributed by atoms with Gasteiger partial charge >= 0.3 is 0 Å². The average Bonchev–Trinajstić information content (AvgIpc) is 3.52. The summed E-state index contributed by atoms with van der Waals surface area (Å²) in [6.45, 7) is 5.41. The third-order valence-corrected chi connectivity index (χ3v) is 9.59. The Kier molecular flexibility index (Phi) is 6.23. The topological polar surface area (TPSA) is 65.5 Å². The van der Waals surface area contributed by atoms with E-state index < -0.39 is 26.7 Å². The Hall–Kier alpha value is -1.97. The predicted molar refractivity (Wildman–Crippen MR) is 129 cm³/mol. The van der Waals surface area contributed by atoms with Gasteiger partial charge in [-0.25, -0.2) is 17.8 Å². The lowest BCUT2D eigenvalue weighted by molar-refractivity contribution is 0.126. The van der Waals surface area contributed by atoms with Gasteiger partial charge in [0.15, 0.2) is 5.82 Å².